The average molecular weight is 731 g/mol. The van der Waals surface area contributed by atoms with Crippen molar-refractivity contribution in [2.75, 3.05) is 0 Å². The number of fused-ring (bicyclic) bond motifs is 9. The fourth-order valence-corrected chi connectivity index (χ4v) is 7.12. The molecule has 0 amide bonds. The third-order valence-electron chi connectivity index (χ3n) is 9.81. The highest BCUT2D eigenvalue weighted by molar-refractivity contribution is 6.34. The average Bonchev–Trinajstić information content (AvgIpc) is 3.14. The Labute approximate surface area is 310 Å². The maximum absolute atomic E-state index is 13.9. The third kappa shape index (κ3) is 7.51. The van der Waals surface area contributed by atoms with Gasteiger partial charge in [0.1, 0.15) is 17.2 Å². The third-order valence-corrected chi connectivity index (χ3v) is 9.81. The van der Waals surface area contributed by atoms with Crippen LogP contribution in [0, 0.1) is 0 Å². The summed E-state index contributed by atoms with van der Waals surface area (Å²) in [6.45, 7) is 6.03. The lowest BCUT2D eigenvalue weighted by molar-refractivity contribution is -0.135. The van der Waals surface area contributed by atoms with Crippen LogP contribution in [-0.2, 0) is 14.4 Å². The quantitative estimate of drug-likeness (QED) is 0.0438. The number of unbranched alkanes of at least 4 members (excludes halogenated alkanes) is 6. The van der Waals surface area contributed by atoms with E-state index in [9.17, 15) is 33.6 Å². The molecule has 6 rings (SSSR count). The van der Waals surface area contributed by atoms with Crippen LogP contribution in [0.5, 0.6) is 17.2 Å². The molecule has 0 aliphatic heterocycles. The number of carbonyl (C=O) groups excluding carboxylic acids is 3. The first-order valence-electron chi connectivity index (χ1n) is 18.8. The standard InChI is InChI=1S/C44H42O10/c1-4-7-10-13-37(49)52-34-22-27-30(45)18-20-32(47)40(27)42-25(34)16-17-26-35(53-38(50)14-11-8-5-2)24-29-36(54-39(51)15-12-9-6-3)23-28-31(46)19-21-33(48)41(28)44(29)43(26)42/h16-24H,4-15H2,1-3H3. The fraction of sp³-hybridized carbons (Fsp3) is 0.341. The van der Waals surface area contributed by atoms with Gasteiger partial charge in [-0.3, -0.25) is 33.6 Å². The largest absolute Gasteiger partial charge is 0.426 e. The van der Waals surface area contributed by atoms with Gasteiger partial charge >= 0.3 is 17.9 Å². The van der Waals surface area contributed by atoms with E-state index in [1.54, 1.807) is 12.1 Å². The second kappa shape index (κ2) is 16.5. The number of benzene rings is 6. The Bertz CT molecular complexity index is 2590. The van der Waals surface area contributed by atoms with Gasteiger partial charge in [0.15, 0.2) is 21.7 Å². The van der Waals surface area contributed by atoms with E-state index in [-0.39, 0.29) is 90.4 Å². The minimum Gasteiger partial charge on any atom is -0.426 e. The van der Waals surface area contributed by atoms with Crippen molar-refractivity contribution in [3.63, 3.8) is 0 Å². The van der Waals surface area contributed by atoms with Gasteiger partial charge < -0.3 is 14.2 Å². The summed E-state index contributed by atoms with van der Waals surface area (Å²) < 4.78 is 17.8. The number of hydrogen-bond acceptors (Lipinski definition) is 10. The van der Waals surface area contributed by atoms with E-state index in [2.05, 4.69) is 0 Å². The van der Waals surface area contributed by atoms with Crippen LogP contribution in [0.2, 0.25) is 0 Å². The highest BCUT2D eigenvalue weighted by Crippen LogP contribution is 2.46. The summed E-state index contributed by atoms with van der Waals surface area (Å²) in [6.07, 6.45) is 7.15. The Kier molecular flexibility index (Phi) is 11.6. The van der Waals surface area contributed by atoms with E-state index in [1.165, 1.54) is 18.2 Å². The van der Waals surface area contributed by atoms with Crippen LogP contribution in [0.1, 0.15) is 97.8 Å². The van der Waals surface area contributed by atoms with Crippen LogP contribution in [-0.4, -0.2) is 17.9 Å². The normalized spacial score (nSPS) is 11.5. The molecular formula is C44H42O10. The zero-order valence-electron chi connectivity index (χ0n) is 30.8. The second-order valence-corrected chi connectivity index (χ2v) is 13.7. The summed E-state index contributed by atoms with van der Waals surface area (Å²) in [6, 6.07) is 12.0. The lowest BCUT2D eigenvalue weighted by Crippen LogP contribution is -2.14. The van der Waals surface area contributed by atoms with Gasteiger partial charge in [-0.15, -0.1) is 0 Å². The molecule has 0 spiro atoms. The minimum atomic E-state index is -0.563. The summed E-state index contributed by atoms with van der Waals surface area (Å²) in [7, 11) is 0. The van der Waals surface area contributed by atoms with Crippen LogP contribution in [0.25, 0.3) is 53.9 Å². The summed E-state index contributed by atoms with van der Waals surface area (Å²) >= 11 is 0. The van der Waals surface area contributed by atoms with E-state index in [1.807, 2.05) is 20.8 Å². The van der Waals surface area contributed by atoms with E-state index in [0.717, 1.165) is 62.8 Å². The second-order valence-electron chi connectivity index (χ2n) is 13.7. The first-order valence-corrected chi connectivity index (χ1v) is 18.8. The molecule has 0 aromatic heterocycles. The molecule has 0 unspecified atom stereocenters. The predicted molar refractivity (Wildman–Crippen MR) is 211 cm³/mol. The number of rotatable bonds is 15. The van der Waals surface area contributed by atoms with Crippen molar-refractivity contribution >= 4 is 71.8 Å². The smallest absolute Gasteiger partial charge is 0.311 e. The number of carbonyl (C=O) groups is 3. The van der Waals surface area contributed by atoms with Gasteiger partial charge in [0, 0.05) is 73.1 Å². The maximum atomic E-state index is 13.9. The molecule has 10 heteroatoms. The molecule has 0 fully saturated rings. The number of hydrogen-bond donors (Lipinski definition) is 0. The molecule has 54 heavy (non-hydrogen) atoms. The summed E-state index contributed by atoms with van der Waals surface area (Å²) in [5.41, 5.74) is -2.06. The van der Waals surface area contributed by atoms with Gasteiger partial charge in [-0.2, -0.15) is 0 Å². The van der Waals surface area contributed by atoms with Crippen molar-refractivity contribution in [3.8, 4) is 17.2 Å². The van der Waals surface area contributed by atoms with Crippen molar-refractivity contribution < 1.29 is 28.6 Å². The molecule has 0 N–H and O–H groups in total. The highest BCUT2D eigenvalue weighted by Gasteiger charge is 2.25. The van der Waals surface area contributed by atoms with Gasteiger partial charge in [0.25, 0.3) is 0 Å². The van der Waals surface area contributed by atoms with E-state index >= 15 is 0 Å². The van der Waals surface area contributed by atoms with Crippen LogP contribution in [0.15, 0.2) is 73.8 Å². The van der Waals surface area contributed by atoms with Gasteiger partial charge in [-0.05, 0) is 73.9 Å². The molecular weight excluding hydrogens is 688 g/mol. The topological polar surface area (TPSA) is 147 Å². The summed E-state index contributed by atoms with van der Waals surface area (Å²) in [4.78, 5) is 94.3. The van der Waals surface area contributed by atoms with Crippen LogP contribution < -0.4 is 35.9 Å². The van der Waals surface area contributed by atoms with Crippen molar-refractivity contribution in [2.24, 2.45) is 0 Å². The highest BCUT2D eigenvalue weighted by atomic mass is 16.5. The van der Waals surface area contributed by atoms with Gasteiger partial charge in [0.2, 0.25) is 0 Å². The predicted octanol–water partition coefficient (Wildman–Crippen LogP) is 8.23. The minimum absolute atomic E-state index is 0.0116. The van der Waals surface area contributed by atoms with Gasteiger partial charge in [-0.1, -0.05) is 59.3 Å². The molecule has 0 saturated carbocycles. The monoisotopic (exact) mass is 730 g/mol. The van der Waals surface area contributed by atoms with Crippen LogP contribution in [0.4, 0.5) is 0 Å². The van der Waals surface area contributed by atoms with E-state index in [0.29, 0.717) is 19.3 Å². The zero-order chi connectivity index (χ0) is 38.5. The van der Waals surface area contributed by atoms with Crippen LogP contribution >= 0.6 is 0 Å². The zero-order valence-corrected chi connectivity index (χ0v) is 30.8. The molecule has 0 bridgehead atoms. The van der Waals surface area contributed by atoms with Gasteiger partial charge in [-0.25, -0.2) is 0 Å². The lowest BCUT2D eigenvalue weighted by atomic mass is 9.89. The van der Waals surface area contributed by atoms with Crippen molar-refractivity contribution in [1.29, 1.82) is 0 Å². The van der Waals surface area contributed by atoms with Crippen molar-refractivity contribution in [2.45, 2.75) is 97.8 Å². The van der Waals surface area contributed by atoms with E-state index < -0.39 is 39.6 Å². The Morgan fingerprint density at radius 2 is 0.704 bits per heavy atom. The Morgan fingerprint density at radius 1 is 0.389 bits per heavy atom. The molecule has 0 saturated heterocycles. The molecule has 278 valence electrons. The Morgan fingerprint density at radius 3 is 1.09 bits per heavy atom. The fourth-order valence-electron chi connectivity index (χ4n) is 7.12. The van der Waals surface area contributed by atoms with Crippen LogP contribution in [0.3, 0.4) is 0 Å². The molecule has 0 aliphatic carbocycles. The summed E-state index contributed by atoms with van der Waals surface area (Å²) in [5, 5.41) is 1.15. The lowest BCUT2D eigenvalue weighted by Gasteiger charge is -2.18. The molecule has 10 nitrogen and oxygen atoms in total. The molecule has 0 radical (unpaired) electrons. The first-order chi connectivity index (χ1) is 26.1. The molecule has 0 heterocycles. The number of ether oxygens (including phenoxy) is 3. The molecule has 0 aliphatic rings. The van der Waals surface area contributed by atoms with E-state index in [4.69, 9.17) is 14.2 Å². The Hall–Kier alpha value is -5.77. The first kappa shape index (κ1) is 38.0. The summed E-state index contributed by atoms with van der Waals surface area (Å²) in [5.74, 6) is -1.59. The number of esters is 3. The Balaban J connectivity index is 1.81. The molecule has 0 atom stereocenters. The van der Waals surface area contributed by atoms with Crippen molar-refractivity contribution in [3.05, 3.63) is 95.5 Å². The SMILES string of the molecule is CCCCCC(=O)Oc1cc2c(=O)ccc(=O)c2c2c1ccc1c(OC(=O)CCCCC)cc3c(OC(=O)CCCCC)cc4c(=O)ccc(=O)c4c3c12. The molecule has 6 aromatic rings. The van der Waals surface area contributed by atoms with Gasteiger partial charge in [0.05, 0.1) is 0 Å². The molecule has 6 aromatic carbocycles. The van der Waals surface area contributed by atoms with Crippen molar-refractivity contribution in [1.82, 2.24) is 0 Å². The maximum Gasteiger partial charge on any atom is 0.311 e.